The maximum absolute atomic E-state index is 12.1. The number of benzene rings is 1. The molecule has 0 radical (unpaired) electrons. The number of aromatic nitrogens is 1. The minimum absolute atomic E-state index is 0.173. The molecule has 0 amide bonds. The van der Waals surface area contributed by atoms with Gasteiger partial charge in [-0.3, -0.25) is 4.90 Å². The van der Waals surface area contributed by atoms with E-state index in [-0.39, 0.29) is 5.75 Å². The normalized spacial score (nSPS) is 17.1. The molecule has 1 aromatic carbocycles. The highest BCUT2D eigenvalue weighted by molar-refractivity contribution is 7.88. The van der Waals surface area contributed by atoms with E-state index in [0.29, 0.717) is 37.6 Å². The Morgan fingerprint density at radius 2 is 2.00 bits per heavy atom. The van der Waals surface area contributed by atoms with Crippen LogP contribution in [0.15, 0.2) is 28.8 Å². The average Bonchev–Trinajstić information content (AvgIpc) is 2.91. The van der Waals surface area contributed by atoms with E-state index in [4.69, 9.17) is 9.26 Å². The second-order valence-electron chi connectivity index (χ2n) is 5.23. The van der Waals surface area contributed by atoms with Crippen LogP contribution in [0.1, 0.15) is 5.69 Å². The zero-order valence-electron chi connectivity index (χ0n) is 12.2. The van der Waals surface area contributed by atoms with Crippen molar-refractivity contribution < 1.29 is 17.7 Å². The summed E-state index contributed by atoms with van der Waals surface area (Å²) in [4.78, 5) is 2.18. The van der Waals surface area contributed by atoms with Gasteiger partial charge in [-0.2, -0.15) is 0 Å². The average molecular weight is 325 g/mol. The highest BCUT2D eigenvalue weighted by Gasteiger charge is 2.18. The minimum Gasteiger partial charge on any atom is -0.379 e. The van der Waals surface area contributed by atoms with E-state index in [0.717, 1.165) is 18.5 Å². The third-order valence-corrected chi connectivity index (χ3v) is 4.93. The molecule has 1 aromatic heterocycles. The van der Waals surface area contributed by atoms with E-state index >= 15 is 0 Å². The van der Waals surface area contributed by atoms with Crippen molar-refractivity contribution in [3.63, 3.8) is 0 Å². The molecule has 22 heavy (non-hydrogen) atoms. The number of hydrogen-bond donors (Lipinski definition) is 1. The lowest BCUT2D eigenvalue weighted by molar-refractivity contribution is 0.0390. The topological polar surface area (TPSA) is 84.7 Å². The van der Waals surface area contributed by atoms with Crippen molar-refractivity contribution in [2.45, 2.75) is 5.75 Å². The summed E-state index contributed by atoms with van der Waals surface area (Å²) in [6.45, 7) is 4.17. The highest BCUT2D eigenvalue weighted by atomic mass is 32.2. The van der Waals surface area contributed by atoms with Crippen LogP contribution in [-0.2, 0) is 20.5 Å². The predicted octanol–water partition coefficient (Wildman–Crippen LogP) is 0.579. The molecule has 0 bridgehead atoms. The first-order valence-corrected chi connectivity index (χ1v) is 8.90. The molecular formula is C14H19N3O4S. The van der Waals surface area contributed by atoms with Gasteiger partial charge in [-0.15, -0.1) is 0 Å². The van der Waals surface area contributed by atoms with Crippen molar-refractivity contribution in [1.82, 2.24) is 14.8 Å². The summed E-state index contributed by atoms with van der Waals surface area (Å²) in [5, 5.41) is 4.59. The van der Waals surface area contributed by atoms with Crippen LogP contribution < -0.4 is 4.72 Å². The van der Waals surface area contributed by atoms with E-state index in [9.17, 15) is 8.42 Å². The molecule has 8 heteroatoms. The van der Waals surface area contributed by atoms with Crippen molar-refractivity contribution in [1.29, 1.82) is 0 Å². The molecule has 7 nitrogen and oxygen atoms in total. The number of nitrogens with zero attached hydrogens (tertiary/aromatic N) is 2. The molecule has 2 heterocycles. The third-order valence-electron chi connectivity index (χ3n) is 3.63. The van der Waals surface area contributed by atoms with Gasteiger partial charge < -0.3 is 9.26 Å². The van der Waals surface area contributed by atoms with Gasteiger partial charge in [-0.05, 0) is 12.1 Å². The van der Waals surface area contributed by atoms with Crippen molar-refractivity contribution in [3.05, 3.63) is 30.0 Å². The Hall–Kier alpha value is -1.48. The van der Waals surface area contributed by atoms with E-state index in [1.54, 1.807) is 6.07 Å². The smallest absolute Gasteiger partial charge is 0.217 e. The Morgan fingerprint density at radius 1 is 1.23 bits per heavy atom. The Balaban J connectivity index is 1.56. The minimum atomic E-state index is -3.43. The van der Waals surface area contributed by atoms with E-state index in [1.807, 2.05) is 18.2 Å². The maximum Gasteiger partial charge on any atom is 0.217 e. The first-order valence-electron chi connectivity index (χ1n) is 7.25. The van der Waals surface area contributed by atoms with Crippen molar-refractivity contribution in [2.24, 2.45) is 0 Å². The van der Waals surface area contributed by atoms with Crippen LogP contribution in [0, 0.1) is 0 Å². The summed E-state index contributed by atoms with van der Waals surface area (Å²) < 4.78 is 37.3. The Bertz CT molecular complexity index is 723. The first kappa shape index (κ1) is 15.4. The molecule has 1 saturated heterocycles. The summed E-state index contributed by atoms with van der Waals surface area (Å²) in [5.41, 5.74) is 1.04. The number of nitrogens with one attached hydrogen (secondary N) is 1. The van der Waals surface area contributed by atoms with Gasteiger partial charge in [0.05, 0.1) is 13.2 Å². The van der Waals surface area contributed by atoms with Gasteiger partial charge in [-0.25, -0.2) is 13.1 Å². The molecule has 0 atom stereocenters. The monoisotopic (exact) mass is 325 g/mol. The van der Waals surface area contributed by atoms with Gasteiger partial charge >= 0.3 is 0 Å². The lowest BCUT2D eigenvalue weighted by atomic mass is 10.2. The Morgan fingerprint density at radius 3 is 2.82 bits per heavy atom. The fraction of sp³-hybridized carbons (Fsp3) is 0.500. The molecule has 0 aliphatic carbocycles. The SMILES string of the molecule is O=S(=O)(Cc1noc2ccccc12)NCCN1CCOCC1. The van der Waals surface area contributed by atoms with Crippen LogP contribution in [-0.4, -0.2) is 57.9 Å². The van der Waals surface area contributed by atoms with Crippen molar-refractivity contribution in [2.75, 3.05) is 39.4 Å². The molecule has 0 saturated carbocycles. The lowest BCUT2D eigenvalue weighted by Gasteiger charge is -2.26. The van der Waals surface area contributed by atoms with Crippen LogP contribution >= 0.6 is 0 Å². The van der Waals surface area contributed by atoms with Gasteiger partial charge in [-0.1, -0.05) is 17.3 Å². The second kappa shape index (κ2) is 6.74. The number of fused-ring (bicyclic) bond motifs is 1. The van der Waals surface area contributed by atoms with Crippen LogP contribution in [0.4, 0.5) is 0 Å². The van der Waals surface area contributed by atoms with Crippen LogP contribution in [0.3, 0.4) is 0 Å². The molecule has 0 unspecified atom stereocenters. The zero-order valence-corrected chi connectivity index (χ0v) is 13.0. The van der Waals surface area contributed by atoms with Gasteiger partial charge in [0.15, 0.2) is 5.58 Å². The van der Waals surface area contributed by atoms with Crippen LogP contribution in [0.25, 0.3) is 11.0 Å². The molecule has 1 fully saturated rings. The number of rotatable bonds is 6. The van der Waals surface area contributed by atoms with Crippen LogP contribution in [0.2, 0.25) is 0 Å². The molecule has 1 N–H and O–H groups in total. The maximum atomic E-state index is 12.1. The third kappa shape index (κ3) is 3.83. The summed E-state index contributed by atoms with van der Waals surface area (Å²) in [6, 6.07) is 7.24. The van der Waals surface area contributed by atoms with Crippen LogP contribution in [0.5, 0.6) is 0 Å². The predicted molar refractivity (Wildman–Crippen MR) is 81.9 cm³/mol. The van der Waals surface area contributed by atoms with Gasteiger partial charge in [0.2, 0.25) is 10.0 Å². The molecule has 1 aliphatic rings. The summed E-state index contributed by atoms with van der Waals surface area (Å²) >= 11 is 0. The van der Waals surface area contributed by atoms with E-state index in [2.05, 4.69) is 14.8 Å². The fourth-order valence-electron chi connectivity index (χ4n) is 2.46. The summed E-state index contributed by atoms with van der Waals surface area (Å²) in [5.74, 6) is -0.173. The van der Waals surface area contributed by atoms with Gasteiger partial charge in [0.25, 0.3) is 0 Å². The molecule has 2 aromatic rings. The number of sulfonamides is 1. The fourth-order valence-corrected chi connectivity index (χ4v) is 3.53. The van der Waals surface area contributed by atoms with Gasteiger partial charge in [0, 0.05) is 31.6 Å². The van der Waals surface area contributed by atoms with Gasteiger partial charge in [0.1, 0.15) is 11.4 Å². The number of morpholine rings is 1. The van der Waals surface area contributed by atoms with E-state index < -0.39 is 10.0 Å². The molecular weight excluding hydrogens is 306 g/mol. The quantitative estimate of drug-likeness (QED) is 0.836. The Kier molecular flexibility index (Phi) is 4.72. The standard InChI is InChI=1S/C14H19N3O4S/c18-22(19,15-5-6-17-7-9-20-10-8-17)11-13-12-3-1-2-4-14(12)21-16-13/h1-4,15H,5-11H2. The number of ether oxygens (including phenoxy) is 1. The molecule has 0 spiro atoms. The highest BCUT2D eigenvalue weighted by Crippen LogP contribution is 2.19. The lowest BCUT2D eigenvalue weighted by Crippen LogP contribution is -2.41. The van der Waals surface area contributed by atoms with E-state index in [1.165, 1.54) is 0 Å². The molecule has 3 rings (SSSR count). The van der Waals surface area contributed by atoms with Crippen molar-refractivity contribution in [3.8, 4) is 0 Å². The second-order valence-corrected chi connectivity index (χ2v) is 7.04. The zero-order chi connectivity index (χ0) is 15.4. The molecule has 120 valence electrons. The number of para-hydroxylation sites is 1. The largest absolute Gasteiger partial charge is 0.379 e. The molecule has 1 aliphatic heterocycles. The first-order chi connectivity index (χ1) is 10.6. The van der Waals surface area contributed by atoms with Crippen molar-refractivity contribution >= 4 is 21.0 Å². The Labute approximate surface area is 129 Å². The number of hydrogen-bond acceptors (Lipinski definition) is 6. The summed E-state index contributed by atoms with van der Waals surface area (Å²) in [7, 11) is -3.43. The summed E-state index contributed by atoms with van der Waals surface area (Å²) in [6.07, 6.45) is 0.